The van der Waals surface area contributed by atoms with Gasteiger partial charge in [-0.3, -0.25) is 4.79 Å². The summed E-state index contributed by atoms with van der Waals surface area (Å²) in [4.78, 5) is 11.7. The molecule has 3 heteroatoms. The van der Waals surface area contributed by atoms with E-state index in [0.717, 1.165) is 38.4 Å². The third kappa shape index (κ3) is 2.71. The summed E-state index contributed by atoms with van der Waals surface area (Å²) in [7, 11) is 0. The van der Waals surface area contributed by atoms with Crippen LogP contribution < -0.4 is 10.6 Å². The van der Waals surface area contributed by atoms with Gasteiger partial charge in [-0.15, -0.1) is 0 Å². The molecule has 3 nitrogen and oxygen atoms in total. The average Bonchev–Trinajstić information content (AvgIpc) is 2.65. The Bertz CT molecular complexity index is 244. The van der Waals surface area contributed by atoms with Gasteiger partial charge in [0, 0.05) is 12.5 Å². The van der Waals surface area contributed by atoms with E-state index in [4.69, 9.17) is 0 Å². The Kier molecular flexibility index (Phi) is 3.01. The van der Waals surface area contributed by atoms with Crippen molar-refractivity contribution in [2.45, 2.75) is 33.1 Å². The van der Waals surface area contributed by atoms with Crippen molar-refractivity contribution in [2.75, 3.05) is 19.6 Å². The monoisotopic (exact) mass is 210 g/mol. The number of hydrogen-bond acceptors (Lipinski definition) is 2. The van der Waals surface area contributed by atoms with Gasteiger partial charge in [0.1, 0.15) is 0 Å². The maximum Gasteiger partial charge on any atom is 0.223 e. The van der Waals surface area contributed by atoms with Crippen LogP contribution in [0.4, 0.5) is 0 Å². The molecule has 86 valence electrons. The van der Waals surface area contributed by atoms with Gasteiger partial charge in [0.15, 0.2) is 0 Å². The molecule has 0 radical (unpaired) electrons. The molecule has 2 atom stereocenters. The molecule has 0 spiro atoms. The molecule has 1 heterocycles. The SMILES string of the molecule is CC1(C)CC1C(=O)NCCC1CCNC1. The lowest BCUT2D eigenvalue weighted by molar-refractivity contribution is -0.123. The minimum atomic E-state index is 0.263. The fourth-order valence-corrected chi connectivity index (χ4v) is 2.40. The zero-order valence-electron chi connectivity index (χ0n) is 9.81. The first-order valence-electron chi connectivity index (χ1n) is 6.08. The van der Waals surface area contributed by atoms with Gasteiger partial charge in [-0.1, -0.05) is 13.8 Å². The third-order valence-corrected chi connectivity index (χ3v) is 3.84. The van der Waals surface area contributed by atoms with E-state index in [-0.39, 0.29) is 17.2 Å². The summed E-state index contributed by atoms with van der Waals surface area (Å²) in [5, 5.41) is 6.41. The second kappa shape index (κ2) is 4.12. The number of hydrogen-bond donors (Lipinski definition) is 2. The van der Waals surface area contributed by atoms with Gasteiger partial charge in [0.2, 0.25) is 5.91 Å². The highest BCUT2D eigenvalue weighted by Gasteiger charge is 2.50. The molecular weight excluding hydrogens is 188 g/mol. The van der Waals surface area contributed by atoms with E-state index in [9.17, 15) is 4.79 Å². The first-order chi connectivity index (χ1) is 7.09. The average molecular weight is 210 g/mol. The molecule has 1 amide bonds. The highest BCUT2D eigenvalue weighted by molar-refractivity contribution is 5.82. The Morgan fingerprint density at radius 3 is 2.80 bits per heavy atom. The Balaban J connectivity index is 1.60. The van der Waals surface area contributed by atoms with Crippen LogP contribution in [0, 0.1) is 17.3 Å². The molecule has 2 fully saturated rings. The molecule has 15 heavy (non-hydrogen) atoms. The van der Waals surface area contributed by atoms with Crippen LogP contribution in [0.1, 0.15) is 33.1 Å². The van der Waals surface area contributed by atoms with E-state index in [2.05, 4.69) is 24.5 Å². The van der Waals surface area contributed by atoms with Crippen LogP contribution in [0.2, 0.25) is 0 Å². The fraction of sp³-hybridized carbons (Fsp3) is 0.917. The normalized spacial score (nSPS) is 32.7. The lowest BCUT2D eigenvalue weighted by Crippen LogP contribution is -2.29. The highest BCUT2D eigenvalue weighted by Crippen LogP contribution is 2.51. The second-order valence-corrected chi connectivity index (χ2v) is 5.68. The van der Waals surface area contributed by atoms with Gasteiger partial charge in [0.25, 0.3) is 0 Å². The molecular formula is C12H22N2O. The van der Waals surface area contributed by atoms with Crippen LogP contribution >= 0.6 is 0 Å². The topological polar surface area (TPSA) is 41.1 Å². The standard InChI is InChI=1S/C12H22N2O/c1-12(2)7-10(12)11(15)14-6-4-9-3-5-13-8-9/h9-10,13H,3-8H2,1-2H3,(H,14,15). The quantitative estimate of drug-likeness (QED) is 0.731. The summed E-state index contributed by atoms with van der Waals surface area (Å²) in [6.07, 6.45) is 3.46. The summed E-state index contributed by atoms with van der Waals surface area (Å²) in [5.41, 5.74) is 0.263. The molecule has 1 saturated heterocycles. The number of rotatable bonds is 4. The molecule has 1 saturated carbocycles. The van der Waals surface area contributed by atoms with E-state index in [1.807, 2.05) is 0 Å². The fourth-order valence-electron chi connectivity index (χ4n) is 2.40. The Hall–Kier alpha value is -0.570. The van der Waals surface area contributed by atoms with E-state index in [1.54, 1.807) is 0 Å². The van der Waals surface area contributed by atoms with E-state index >= 15 is 0 Å². The number of carbonyl (C=O) groups is 1. The maximum absolute atomic E-state index is 11.7. The van der Waals surface area contributed by atoms with Gasteiger partial charge in [0.05, 0.1) is 0 Å². The van der Waals surface area contributed by atoms with Crippen LogP contribution in [0.5, 0.6) is 0 Å². The van der Waals surface area contributed by atoms with Gasteiger partial charge in [-0.2, -0.15) is 0 Å². The zero-order valence-corrected chi connectivity index (χ0v) is 9.81. The molecule has 0 aromatic rings. The molecule has 2 unspecified atom stereocenters. The lowest BCUT2D eigenvalue weighted by Gasteiger charge is -2.09. The zero-order chi connectivity index (χ0) is 10.9. The van der Waals surface area contributed by atoms with Crippen molar-refractivity contribution in [1.82, 2.24) is 10.6 Å². The summed E-state index contributed by atoms with van der Waals surface area (Å²) < 4.78 is 0. The molecule has 0 aromatic heterocycles. The van der Waals surface area contributed by atoms with Crippen molar-refractivity contribution in [3.05, 3.63) is 0 Å². The predicted molar refractivity (Wildman–Crippen MR) is 60.5 cm³/mol. The maximum atomic E-state index is 11.7. The number of amides is 1. The molecule has 0 aromatic carbocycles. The van der Waals surface area contributed by atoms with Crippen molar-refractivity contribution in [3.8, 4) is 0 Å². The van der Waals surface area contributed by atoms with Crippen LogP contribution in [0.25, 0.3) is 0 Å². The van der Waals surface area contributed by atoms with Crippen molar-refractivity contribution in [1.29, 1.82) is 0 Å². The summed E-state index contributed by atoms with van der Waals surface area (Å²) in [6.45, 7) is 7.47. The molecule has 2 rings (SSSR count). The van der Waals surface area contributed by atoms with Gasteiger partial charge < -0.3 is 10.6 Å². The van der Waals surface area contributed by atoms with Gasteiger partial charge in [-0.05, 0) is 43.7 Å². The lowest BCUT2D eigenvalue weighted by atomic mass is 10.1. The molecule has 1 aliphatic carbocycles. The Morgan fingerprint density at radius 1 is 1.53 bits per heavy atom. The largest absolute Gasteiger partial charge is 0.356 e. The minimum absolute atomic E-state index is 0.263. The van der Waals surface area contributed by atoms with Crippen LogP contribution in [-0.2, 0) is 4.79 Å². The third-order valence-electron chi connectivity index (χ3n) is 3.84. The van der Waals surface area contributed by atoms with Gasteiger partial charge in [-0.25, -0.2) is 0 Å². The molecule has 2 aliphatic rings. The Labute approximate surface area is 92.0 Å². The van der Waals surface area contributed by atoms with Gasteiger partial charge >= 0.3 is 0 Å². The predicted octanol–water partition coefficient (Wildman–Crippen LogP) is 1.15. The summed E-state index contributed by atoms with van der Waals surface area (Å²) in [6, 6.07) is 0. The van der Waals surface area contributed by atoms with Crippen molar-refractivity contribution < 1.29 is 4.79 Å². The van der Waals surface area contributed by atoms with Crippen molar-refractivity contribution in [3.63, 3.8) is 0 Å². The van der Waals surface area contributed by atoms with Crippen LogP contribution in [-0.4, -0.2) is 25.5 Å². The molecule has 2 N–H and O–H groups in total. The highest BCUT2D eigenvalue weighted by atomic mass is 16.2. The summed E-state index contributed by atoms with van der Waals surface area (Å²) in [5.74, 6) is 1.32. The van der Waals surface area contributed by atoms with Crippen molar-refractivity contribution in [2.24, 2.45) is 17.3 Å². The first-order valence-corrected chi connectivity index (χ1v) is 6.08. The minimum Gasteiger partial charge on any atom is -0.356 e. The Morgan fingerprint density at radius 2 is 2.27 bits per heavy atom. The van der Waals surface area contributed by atoms with E-state index < -0.39 is 0 Å². The first kappa shape index (κ1) is 10.9. The van der Waals surface area contributed by atoms with E-state index in [1.165, 1.54) is 6.42 Å². The molecule has 0 bridgehead atoms. The number of nitrogens with one attached hydrogen (secondary N) is 2. The van der Waals surface area contributed by atoms with Crippen LogP contribution in [0.3, 0.4) is 0 Å². The smallest absolute Gasteiger partial charge is 0.223 e. The van der Waals surface area contributed by atoms with Crippen molar-refractivity contribution >= 4 is 5.91 Å². The second-order valence-electron chi connectivity index (χ2n) is 5.68. The number of carbonyl (C=O) groups excluding carboxylic acids is 1. The molecule has 1 aliphatic heterocycles. The summed E-state index contributed by atoms with van der Waals surface area (Å²) >= 11 is 0. The van der Waals surface area contributed by atoms with E-state index in [0.29, 0.717) is 0 Å². The van der Waals surface area contributed by atoms with Crippen LogP contribution in [0.15, 0.2) is 0 Å².